The number of rotatable bonds is 7. The minimum Gasteiger partial charge on any atom is -0.320 e. The van der Waals surface area contributed by atoms with E-state index in [9.17, 15) is 8.42 Å². The molecule has 0 unspecified atom stereocenters. The third-order valence-electron chi connectivity index (χ3n) is 2.84. The quantitative estimate of drug-likeness (QED) is 0.745. The fourth-order valence-electron chi connectivity index (χ4n) is 1.87. The molecule has 0 heterocycles. The molecule has 0 saturated carbocycles. The highest BCUT2D eigenvalue weighted by atomic mass is 79.9. The van der Waals surface area contributed by atoms with Gasteiger partial charge in [-0.25, -0.2) is 8.42 Å². The van der Waals surface area contributed by atoms with Gasteiger partial charge in [-0.05, 0) is 63.5 Å². The first-order valence-electron chi connectivity index (χ1n) is 6.27. The first-order chi connectivity index (χ1) is 8.85. The Kier molecular flexibility index (Phi) is 6.29. The van der Waals surface area contributed by atoms with Crippen LogP contribution >= 0.6 is 15.9 Å². The summed E-state index contributed by atoms with van der Waals surface area (Å²) in [5.41, 5.74) is 2.54. The normalized spacial score (nSPS) is 11.6. The molecule has 0 amide bonds. The van der Waals surface area contributed by atoms with Crippen LogP contribution in [0.3, 0.4) is 0 Å². The van der Waals surface area contributed by atoms with E-state index >= 15 is 0 Å². The van der Waals surface area contributed by atoms with E-state index in [1.54, 1.807) is 0 Å². The molecule has 0 bridgehead atoms. The van der Waals surface area contributed by atoms with Crippen LogP contribution in [0.5, 0.6) is 0 Å². The molecule has 0 aliphatic rings. The summed E-state index contributed by atoms with van der Waals surface area (Å²) in [6.45, 7) is 4.64. The van der Waals surface area contributed by atoms with Crippen LogP contribution < -0.4 is 10.0 Å². The smallest absolute Gasteiger partial charge is 0.232 e. The van der Waals surface area contributed by atoms with Crippen molar-refractivity contribution in [2.75, 3.05) is 24.1 Å². The van der Waals surface area contributed by atoms with Gasteiger partial charge in [-0.3, -0.25) is 4.72 Å². The van der Waals surface area contributed by atoms with Gasteiger partial charge in [-0.2, -0.15) is 0 Å². The molecule has 1 rings (SSSR count). The molecule has 19 heavy (non-hydrogen) atoms. The lowest BCUT2D eigenvalue weighted by Crippen LogP contribution is -2.19. The highest BCUT2D eigenvalue weighted by Crippen LogP contribution is 2.26. The number of nitrogens with one attached hydrogen (secondary N) is 2. The zero-order valence-electron chi connectivity index (χ0n) is 11.6. The van der Waals surface area contributed by atoms with Crippen LogP contribution in [0.2, 0.25) is 0 Å². The van der Waals surface area contributed by atoms with Gasteiger partial charge in [0.25, 0.3) is 0 Å². The van der Waals surface area contributed by atoms with Gasteiger partial charge < -0.3 is 5.32 Å². The van der Waals surface area contributed by atoms with Gasteiger partial charge in [0.2, 0.25) is 10.0 Å². The lowest BCUT2D eigenvalue weighted by molar-refractivity contribution is 0.595. The molecule has 0 aliphatic carbocycles. The van der Waals surface area contributed by atoms with E-state index in [0.717, 1.165) is 28.6 Å². The molecule has 108 valence electrons. The summed E-state index contributed by atoms with van der Waals surface area (Å²) in [5, 5.41) is 3.01. The molecule has 0 fully saturated rings. The maximum atomic E-state index is 12.0. The molecular formula is C13H21BrN2O2S. The van der Waals surface area contributed by atoms with Crippen LogP contribution in [0.15, 0.2) is 16.6 Å². The molecule has 4 nitrogen and oxygen atoms in total. The van der Waals surface area contributed by atoms with Gasteiger partial charge in [-0.1, -0.05) is 15.9 Å². The third kappa shape index (κ3) is 5.50. The molecule has 0 radical (unpaired) electrons. The Morgan fingerprint density at radius 3 is 2.26 bits per heavy atom. The van der Waals surface area contributed by atoms with Crippen LogP contribution in [0.4, 0.5) is 5.69 Å². The number of hydrogen-bond acceptors (Lipinski definition) is 3. The van der Waals surface area contributed by atoms with E-state index in [0.29, 0.717) is 12.1 Å². The second-order valence-corrected chi connectivity index (χ2v) is 7.40. The predicted molar refractivity (Wildman–Crippen MR) is 84.2 cm³/mol. The molecule has 0 atom stereocenters. The highest BCUT2D eigenvalue weighted by Gasteiger charge is 2.13. The average Bonchev–Trinajstić information content (AvgIpc) is 2.29. The molecule has 0 aliphatic heterocycles. The second kappa shape index (κ2) is 7.26. The van der Waals surface area contributed by atoms with Crippen molar-refractivity contribution in [2.24, 2.45) is 0 Å². The molecule has 0 aromatic heterocycles. The predicted octanol–water partition coefficient (Wildman–Crippen LogP) is 2.81. The van der Waals surface area contributed by atoms with Crippen molar-refractivity contribution in [3.05, 3.63) is 27.7 Å². The first kappa shape index (κ1) is 16.5. The SMILES string of the molecule is CNCCCCS(=O)(=O)Nc1c(C)cc(Br)cc1C. The molecule has 2 N–H and O–H groups in total. The minimum atomic E-state index is -3.27. The Morgan fingerprint density at radius 2 is 1.74 bits per heavy atom. The number of hydrogen-bond donors (Lipinski definition) is 2. The van der Waals surface area contributed by atoms with Gasteiger partial charge in [0.05, 0.1) is 11.4 Å². The van der Waals surface area contributed by atoms with Crippen molar-refractivity contribution in [3.8, 4) is 0 Å². The van der Waals surface area contributed by atoms with Crippen LogP contribution in [-0.2, 0) is 10.0 Å². The fourth-order valence-corrected chi connectivity index (χ4v) is 3.88. The van der Waals surface area contributed by atoms with Gasteiger partial charge >= 0.3 is 0 Å². The lowest BCUT2D eigenvalue weighted by Gasteiger charge is -2.13. The van der Waals surface area contributed by atoms with Crippen molar-refractivity contribution in [3.63, 3.8) is 0 Å². The summed E-state index contributed by atoms with van der Waals surface area (Å²) in [4.78, 5) is 0. The van der Waals surface area contributed by atoms with Crippen molar-refractivity contribution in [2.45, 2.75) is 26.7 Å². The lowest BCUT2D eigenvalue weighted by atomic mass is 10.1. The van der Waals surface area contributed by atoms with Gasteiger partial charge in [-0.15, -0.1) is 0 Å². The summed E-state index contributed by atoms with van der Waals surface area (Å²) < 4.78 is 27.7. The number of benzene rings is 1. The summed E-state index contributed by atoms with van der Waals surface area (Å²) in [5.74, 6) is 0.156. The Balaban J connectivity index is 2.73. The Labute approximate surface area is 124 Å². The third-order valence-corrected chi connectivity index (χ3v) is 4.64. The van der Waals surface area contributed by atoms with E-state index in [2.05, 4.69) is 26.0 Å². The van der Waals surface area contributed by atoms with Gasteiger partial charge in [0, 0.05) is 4.47 Å². The van der Waals surface area contributed by atoms with Gasteiger partial charge in [0.15, 0.2) is 0 Å². The number of anilines is 1. The van der Waals surface area contributed by atoms with Crippen molar-refractivity contribution >= 4 is 31.6 Å². The fraction of sp³-hybridized carbons (Fsp3) is 0.538. The van der Waals surface area contributed by atoms with Crippen molar-refractivity contribution < 1.29 is 8.42 Å². The highest BCUT2D eigenvalue weighted by molar-refractivity contribution is 9.10. The largest absolute Gasteiger partial charge is 0.320 e. The molecule has 0 spiro atoms. The number of aryl methyl sites for hydroxylation is 2. The standard InChI is InChI=1S/C13H21BrN2O2S/c1-10-8-12(14)9-11(2)13(10)16-19(17,18)7-5-4-6-15-3/h8-9,15-16H,4-7H2,1-3H3. The van der Waals surface area contributed by atoms with E-state index in [1.165, 1.54) is 0 Å². The van der Waals surface area contributed by atoms with E-state index in [4.69, 9.17) is 0 Å². The average molecular weight is 349 g/mol. The zero-order chi connectivity index (χ0) is 14.5. The number of unbranched alkanes of at least 4 members (excludes halogenated alkanes) is 1. The second-order valence-electron chi connectivity index (χ2n) is 4.65. The van der Waals surface area contributed by atoms with Crippen LogP contribution in [0.1, 0.15) is 24.0 Å². The first-order valence-corrected chi connectivity index (χ1v) is 8.72. The summed E-state index contributed by atoms with van der Waals surface area (Å²) in [6, 6.07) is 3.82. The zero-order valence-corrected chi connectivity index (χ0v) is 14.0. The van der Waals surface area contributed by atoms with Crippen molar-refractivity contribution in [1.29, 1.82) is 0 Å². The Morgan fingerprint density at radius 1 is 1.16 bits per heavy atom. The Hall–Kier alpha value is -0.590. The molecule has 6 heteroatoms. The molecular weight excluding hydrogens is 328 g/mol. The Bertz CT molecular complexity index is 506. The maximum Gasteiger partial charge on any atom is 0.232 e. The van der Waals surface area contributed by atoms with Crippen LogP contribution in [-0.4, -0.2) is 27.8 Å². The van der Waals surface area contributed by atoms with Crippen LogP contribution in [0.25, 0.3) is 0 Å². The number of sulfonamides is 1. The minimum absolute atomic E-state index is 0.156. The summed E-state index contributed by atoms with van der Waals surface area (Å²) in [7, 11) is -1.40. The summed E-state index contributed by atoms with van der Waals surface area (Å²) >= 11 is 3.40. The van der Waals surface area contributed by atoms with Crippen molar-refractivity contribution in [1.82, 2.24) is 5.32 Å². The van der Waals surface area contributed by atoms with E-state index in [-0.39, 0.29) is 5.75 Å². The monoisotopic (exact) mass is 348 g/mol. The molecule has 1 aromatic carbocycles. The van der Waals surface area contributed by atoms with Gasteiger partial charge in [0.1, 0.15) is 0 Å². The van der Waals surface area contributed by atoms with E-state index < -0.39 is 10.0 Å². The topological polar surface area (TPSA) is 58.2 Å². The summed E-state index contributed by atoms with van der Waals surface area (Å²) in [6.07, 6.45) is 1.51. The van der Waals surface area contributed by atoms with E-state index in [1.807, 2.05) is 33.0 Å². The molecule has 0 saturated heterocycles. The maximum absolute atomic E-state index is 12.0. The molecule has 1 aromatic rings. The van der Waals surface area contributed by atoms with Crippen LogP contribution in [0, 0.1) is 13.8 Å². The number of halogens is 1.